The number of nitrogens with zero attached hydrogens (tertiary/aromatic N) is 1. The van der Waals surface area contributed by atoms with Crippen molar-refractivity contribution in [1.29, 1.82) is 0 Å². The monoisotopic (exact) mass is 644 g/mol. The number of nitrogen functional groups attached to an aromatic ring is 1. The molecular weight excluding hydrogens is 600 g/mol. The molecule has 0 aromatic heterocycles. The molecule has 0 saturated carbocycles. The van der Waals surface area contributed by atoms with Crippen molar-refractivity contribution < 1.29 is 33.6 Å². The van der Waals surface area contributed by atoms with Gasteiger partial charge in [0, 0.05) is 63.0 Å². The van der Waals surface area contributed by atoms with E-state index >= 15 is 0 Å². The zero-order valence-electron chi connectivity index (χ0n) is 26.6. The third-order valence-corrected chi connectivity index (χ3v) is 8.99. The van der Waals surface area contributed by atoms with E-state index in [0.29, 0.717) is 43.1 Å². The highest BCUT2D eigenvalue weighted by molar-refractivity contribution is 5.94. The Morgan fingerprint density at radius 3 is 2.32 bits per heavy atom. The zero-order chi connectivity index (χ0) is 32.6. The van der Waals surface area contributed by atoms with Crippen LogP contribution in [0.25, 0.3) is 0 Å². The second-order valence-corrected chi connectivity index (χ2v) is 12.4. The SMILES string of the molecule is Nc1ccccc1NC(=O)CCCC(=O)Nc1cccc(C2OC(CN3CCC4(CC3)OCCO4)CC(c3ccc(CO)cc3)O2)c1. The van der Waals surface area contributed by atoms with Crippen molar-refractivity contribution in [3.05, 3.63) is 89.5 Å². The summed E-state index contributed by atoms with van der Waals surface area (Å²) in [6.07, 6.45) is 2.20. The van der Waals surface area contributed by atoms with Gasteiger partial charge in [0.05, 0.1) is 43.4 Å². The molecule has 3 atom stereocenters. The Balaban J connectivity index is 1.07. The van der Waals surface area contributed by atoms with Gasteiger partial charge in [0.25, 0.3) is 0 Å². The highest BCUT2D eigenvalue weighted by Crippen LogP contribution is 2.39. The van der Waals surface area contributed by atoms with Crippen LogP contribution in [0, 0.1) is 0 Å². The molecular formula is C36H44N4O7. The predicted molar refractivity (Wildman–Crippen MR) is 177 cm³/mol. The van der Waals surface area contributed by atoms with E-state index in [1.807, 2.05) is 48.5 Å². The number of hydrogen-bond donors (Lipinski definition) is 4. The van der Waals surface area contributed by atoms with Crippen LogP contribution >= 0.6 is 0 Å². The lowest BCUT2D eigenvalue weighted by molar-refractivity contribution is -0.255. The Kier molecular flexibility index (Phi) is 10.8. The number of hydrogen-bond acceptors (Lipinski definition) is 9. The van der Waals surface area contributed by atoms with Crippen LogP contribution in [0.4, 0.5) is 17.1 Å². The van der Waals surface area contributed by atoms with Crippen molar-refractivity contribution in [2.45, 2.75) is 69.4 Å². The molecule has 0 aliphatic carbocycles. The number of amides is 2. The van der Waals surface area contributed by atoms with Gasteiger partial charge in [-0.3, -0.25) is 9.59 Å². The lowest BCUT2D eigenvalue weighted by Crippen LogP contribution is -2.48. The van der Waals surface area contributed by atoms with E-state index in [1.165, 1.54) is 0 Å². The fourth-order valence-corrected chi connectivity index (χ4v) is 6.40. The minimum absolute atomic E-state index is 0.0153. The molecule has 11 heteroatoms. The summed E-state index contributed by atoms with van der Waals surface area (Å²) in [5, 5.41) is 15.3. The number of benzene rings is 3. The molecule has 3 unspecified atom stereocenters. The van der Waals surface area contributed by atoms with E-state index in [9.17, 15) is 14.7 Å². The van der Waals surface area contributed by atoms with Crippen LogP contribution in [0.2, 0.25) is 0 Å². The predicted octanol–water partition coefficient (Wildman–Crippen LogP) is 4.89. The normalized spacial score (nSPS) is 22.6. The number of aliphatic hydroxyl groups is 1. The first-order chi connectivity index (χ1) is 22.9. The fourth-order valence-electron chi connectivity index (χ4n) is 6.40. The number of nitrogens with two attached hydrogens (primary N) is 1. The van der Waals surface area contributed by atoms with Crippen LogP contribution in [-0.4, -0.2) is 66.6 Å². The fraction of sp³-hybridized carbons (Fsp3) is 0.444. The number of nitrogens with one attached hydrogen (secondary N) is 2. The van der Waals surface area contributed by atoms with Crippen LogP contribution in [0.1, 0.15) is 67.6 Å². The van der Waals surface area contributed by atoms with Gasteiger partial charge in [0.2, 0.25) is 11.8 Å². The number of carbonyl (C=O) groups is 2. The first-order valence-electron chi connectivity index (χ1n) is 16.4. The molecule has 3 fully saturated rings. The topological polar surface area (TPSA) is 145 Å². The number of aliphatic hydroxyl groups excluding tert-OH is 1. The molecule has 3 aromatic carbocycles. The van der Waals surface area contributed by atoms with Gasteiger partial charge in [0.1, 0.15) is 0 Å². The first-order valence-corrected chi connectivity index (χ1v) is 16.4. The van der Waals surface area contributed by atoms with Gasteiger partial charge >= 0.3 is 0 Å². The summed E-state index contributed by atoms with van der Waals surface area (Å²) in [6, 6.07) is 22.4. The smallest absolute Gasteiger partial charge is 0.224 e. The van der Waals surface area contributed by atoms with Crippen molar-refractivity contribution in [3.63, 3.8) is 0 Å². The van der Waals surface area contributed by atoms with Crippen LogP contribution < -0.4 is 16.4 Å². The van der Waals surface area contributed by atoms with Crippen LogP contribution in [-0.2, 0) is 35.1 Å². The van der Waals surface area contributed by atoms with E-state index in [2.05, 4.69) is 15.5 Å². The number of likely N-dealkylation sites (tertiary alicyclic amines) is 1. The summed E-state index contributed by atoms with van der Waals surface area (Å²) in [4.78, 5) is 27.5. The summed E-state index contributed by atoms with van der Waals surface area (Å²) in [5.74, 6) is -0.804. The molecule has 2 amide bonds. The largest absolute Gasteiger partial charge is 0.397 e. The minimum atomic E-state index is -0.639. The number of ether oxygens (including phenoxy) is 4. The molecule has 3 saturated heterocycles. The number of para-hydroxylation sites is 2. The number of carbonyl (C=O) groups excluding carboxylic acids is 2. The van der Waals surface area contributed by atoms with Crippen molar-refractivity contribution in [2.75, 3.05) is 49.2 Å². The Morgan fingerprint density at radius 1 is 0.872 bits per heavy atom. The lowest BCUT2D eigenvalue weighted by atomic mass is 9.98. The highest BCUT2D eigenvalue weighted by atomic mass is 16.7. The third-order valence-electron chi connectivity index (χ3n) is 8.99. The Bertz CT molecular complexity index is 1500. The van der Waals surface area contributed by atoms with E-state index in [-0.39, 0.29) is 43.5 Å². The quantitative estimate of drug-likeness (QED) is 0.214. The second kappa shape index (κ2) is 15.4. The summed E-state index contributed by atoms with van der Waals surface area (Å²) >= 11 is 0. The van der Waals surface area contributed by atoms with Gasteiger partial charge in [-0.25, -0.2) is 0 Å². The Hall–Kier alpha value is -3.84. The molecule has 3 heterocycles. The van der Waals surface area contributed by atoms with Crippen LogP contribution in [0.5, 0.6) is 0 Å². The summed E-state index contributed by atoms with van der Waals surface area (Å²) < 4.78 is 24.9. The highest BCUT2D eigenvalue weighted by Gasteiger charge is 2.41. The number of piperidine rings is 1. The lowest BCUT2D eigenvalue weighted by Gasteiger charge is -2.41. The maximum Gasteiger partial charge on any atom is 0.224 e. The molecule has 47 heavy (non-hydrogen) atoms. The van der Waals surface area contributed by atoms with E-state index < -0.39 is 12.1 Å². The second-order valence-electron chi connectivity index (χ2n) is 12.4. The summed E-state index contributed by atoms with van der Waals surface area (Å²) in [7, 11) is 0. The Labute approximate surface area is 275 Å². The molecule has 0 bridgehead atoms. The van der Waals surface area contributed by atoms with Crippen molar-refractivity contribution in [2.24, 2.45) is 0 Å². The van der Waals surface area contributed by atoms with E-state index in [4.69, 9.17) is 24.7 Å². The molecule has 6 rings (SSSR count). The van der Waals surface area contributed by atoms with Crippen LogP contribution in [0.3, 0.4) is 0 Å². The van der Waals surface area contributed by atoms with Crippen molar-refractivity contribution in [3.8, 4) is 0 Å². The maximum atomic E-state index is 12.8. The first kappa shape index (κ1) is 33.1. The van der Waals surface area contributed by atoms with E-state index in [0.717, 1.165) is 49.2 Å². The Morgan fingerprint density at radius 2 is 1.60 bits per heavy atom. The zero-order valence-corrected chi connectivity index (χ0v) is 26.6. The van der Waals surface area contributed by atoms with Gasteiger partial charge < -0.3 is 45.3 Å². The summed E-state index contributed by atoms with van der Waals surface area (Å²) in [5.41, 5.74) is 10.3. The maximum absolute atomic E-state index is 12.8. The third kappa shape index (κ3) is 8.75. The average molecular weight is 645 g/mol. The molecule has 1 spiro atoms. The van der Waals surface area contributed by atoms with Crippen molar-refractivity contribution in [1.82, 2.24) is 4.90 Å². The minimum Gasteiger partial charge on any atom is -0.397 e. The molecule has 250 valence electrons. The molecule has 3 aliphatic rings. The molecule has 3 aromatic rings. The standard InChI is InChI=1S/C36H44N4O7/c37-30-7-1-2-8-31(30)39-34(43)10-4-9-33(42)38-28-6-3-5-27(21-28)35-46-29(22-32(47-35)26-13-11-25(24-41)12-14-26)23-40-17-15-36(16-18-40)44-19-20-45-36/h1-3,5-8,11-14,21,29,32,35,41H,4,9-10,15-20,22-24,37H2,(H,38,42)(H,39,43). The van der Waals surface area contributed by atoms with Gasteiger partial charge in [-0.05, 0) is 41.8 Å². The summed E-state index contributed by atoms with van der Waals surface area (Å²) in [6.45, 7) is 3.78. The van der Waals surface area contributed by atoms with E-state index in [1.54, 1.807) is 24.3 Å². The molecule has 5 N–H and O–H groups in total. The molecule has 11 nitrogen and oxygen atoms in total. The van der Waals surface area contributed by atoms with Crippen molar-refractivity contribution >= 4 is 28.9 Å². The average Bonchev–Trinajstić information content (AvgIpc) is 3.55. The van der Waals surface area contributed by atoms with Gasteiger partial charge in [-0.1, -0.05) is 48.5 Å². The van der Waals surface area contributed by atoms with Crippen LogP contribution in [0.15, 0.2) is 72.8 Å². The number of rotatable bonds is 11. The molecule has 3 aliphatic heterocycles. The number of anilines is 3. The van der Waals surface area contributed by atoms with Gasteiger partial charge in [0.15, 0.2) is 12.1 Å². The molecule has 0 radical (unpaired) electrons. The van der Waals surface area contributed by atoms with Gasteiger partial charge in [-0.2, -0.15) is 0 Å². The van der Waals surface area contributed by atoms with Gasteiger partial charge in [-0.15, -0.1) is 0 Å².